The lowest BCUT2D eigenvalue weighted by atomic mass is 10.1. The van der Waals surface area contributed by atoms with E-state index in [2.05, 4.69) is 5.32 Å². The zero-order chi connectivity index (χ0) is 15.5. The fourth-order valence-corrected chi connectivity index (χ4v) is 3.41. The fourth-order valence-electron chi connectivity index (χ4n) is 2.40. The van der Waals surface area contributed by atoms with Crippen molar-refractivity contribution in [2.75, 3.05) is 5.32 Å². The summed E-state index contributed by atoms with van der Waals surface area (Å²) in [5, 5.41) is 12.2. The summed E-state index contributed by atoms with van der Waals surface area (Å²) in [6, 6.07) is 7.38. The normalized spacial score (nSPS) is 15.9. The van der Waals surface area contributed by atoms with Crippen LogP contribution in [0.4, 0.5) is 5.69 Å². The molecule has 1 aromatic carbocycles. The highest BCUT2D eigenvalue weighted by molar-refractivity contribution is 8.01. The molecule has 0 aliphatic heterocycles. The number of hydrogen-bond donors (Lipinski definition) is 2. The van der Waals surface area contributed by atoms with Gasteiger partial charge in [-0.1, -0.05) is 25.0 Å². The van der Waals surface area contributed by atoms with Crippen LogP contribution in [0.25, 0.3) is 0 Å². The molecule has 1 aromatic rings. The van der Waals surface area contributed by atoms with E-state index in [1.807, 2.05) is 24.3 Å². The number of carbonyl (C=O) groups is 2. The summed E-state index contributed by atoms with van der Waals surface area (Å²) < 4.78 is -0.936. The number of para-hydroxylation sites is 1. The van der Waals surface area contributed by atoms with Crippen LogP contribution in [0.5, 0.6) is 0 Å². The Hall–Kier alpha value is -1.49. The highest BCUT2D eigenvalue weighted by atomic mass is 32.2. The third kappa shape index (κ3) is 4.00. The standard InChI is InChI=1S/C16H21NO3S/c1-16(2,15(19)20)21-13-10-6-5-9-12(13)17-14(18)11-7-3-4-8-11/h5-6,9-11H,3-4,7-8H2,1-2H3,(H,17,18)(H,19,20). The zero-order valence-electron chi connectivity index (χ0n) is 12.4. The van der Waals surface area contributed by atoms with Crippen LogP contribution in [0, 0.1) is 5.92 Å². The maximum absolute atomic E-state index is 12.2. The molecule has 21 heavy (non-hydrogen) atoms. The van der Waals surface area contributed by atoms with Gasteiger partial charge in [-0.05, 0) is 38.8 Å². The van der Waals surface area contributed by atoms with Gasteiger partial charge in [0.15, 0.2) is 0 Å². The van der Waals surface area contributed by atoms with Crippen molar-refractivity contribution in [3.8, 4) is 0 Å². The number of benzene rings is 1. The van der Waals surface area contributed by atoms with Gasteiger partial charge >= 0.3 is 5.97 Å². The molecule has 4 nitrogen and oxygen atoms in total. The first-order chi connectivity index (χ1) is 9.90. The number of carbonyl (C=O) groups excluding carboxylic acids is 1. The van der Waals surface area contributed by atoms with Gasteiger partial charge < -0.3 is 10.4 Å². The van der Waals surface area contributed by atoms with E-state index >= 15 is 0 Å². The second-order valence-corrected chi connectivity index (χ2v) is 7.55. The maximum atomic E-state index is 12.2. The molecular formula is C16H21NO3S. The van der Waals surface area contributed by atoms with Crippen LogP contribution in [0.2, 0.25) is 0 Å². The molecule has 114 valence electrons. The van der Waals surface area contributed by atoms with Gasteiger partial charge in [-0.25, -0.2) is 0 Å². The number of thioether (sulfide) groups is 1. The smallest absolute Gasteiger partial charge is 0.319 e. The average molecular weight is 307 g/mol. The van der Waals surface area contributed by atoms with E-state index in [1.54, 1.807) is 13.8 Å². The monoisotopic (exact) mass is 307 g/mol. The third-order valence-electron chi connectivity index (χ3n) is 3.75. The van der Waals surface area contributed by atoms with Crippen LogP contribution in [-0.4, -0.2) is 21.7 Å². The molecule has 0 unspecified atom stereocenters. The van der Waals surface area contributed by atoms with E-state index in [1.165, 1.54) is 11.8 Å². The second-order valence-electron chi connectivity index (χ2n) is 5.88. The van der Waals surface area contributed by atoms with Crippen LogP contribution < -0.4 is 5.32 Å². The molecule has 0 spiro atoms. The van der Waals surface area contributed by atoms with Crippen molar-refractivity contribution in [3.05, 3.63) is 24.3 Å². The molecule has 0 atom stereocenters. The van der Waals surface area contributed by atoms with Gasteiger partial charge in [0.1, 0.15) is 4.75 Å². The van der Waals surface area contributed by atoms with Crippen LogP contribution >= 0.6 is 11.8 Å². The summed E-state index contributed by atoms with van der Waals surface area (Å²) in [5.41, 5.74) is 0.703. The lowest BCUT2D eigenvalue weighted by molar-refractivity contribution is -0.138. The SMILES string of the molecule is CC(C)(Sc1ccccc1NC(=O)C1CCCC1)C(=O)O. The Labute approximate surface area is 129 Å². The number of amides is 1. The van der Waals surface area contributed by atoms with E-state index in [-0.39, 0.29) is 11.8 Å². The van der Waals surface area contributed by atoms with Crippen LogP contribution in [0.1, 0.15) is 39.5 Å². The Bertz CT molecular complexity index is 536. The number of anilines is 1. The minimum absolute atomic E-state index is 0.0497. The summed E-state index contributed by atoms with van der Waals surface area (Å²) in [4.78, 5) is 24.3. The Morgan fingerprint density at radius 1 is 1.24 bits per heavy atom. The Morgan fingerprint density at radius 3 is 2.48 bits per heavy atom. The minimum Gasteiger partial charge on any atom is -0.480 e. The van der Waals surface area contributed by atoms with E-state index < -0.39 is 10.7 Å². The molecule has 0 radical (unpaired) electrons. The van der Waals surface area contributed by atoms with Crippen molar-refractivity contribution in [3.63, 3.8) is 0 Å². The van der Waals surface area contributed by atoms with Crippen molar-refractivity contribution >= 4 is 29.3 Å². The summed E-state index contributed by atoms with van der Waals surface area (Å²) in [7, 11) is 0. The largest absolute Gasteiger partial charge is 0.480 e. The molecule has 5 heteroatoms. The molecule has 1 amide bonds. The quantitative estimate of drug-likeness (QED) is 0.813. The van der Waals surface area contributed by atoms with Crippen molar-refractivity contribution in [2.45, 2.75) is 49.2 Å². The topological polar surface area (TPSA) is 66.4 Å². The first-order valence-electron chi connectivity index (χ1n) is 7.22. The number of hydrogen-bond acceptors (Lipinski definition) is 3. The van der Waals surface area contributed by atoms with Crippen molar-refractivity contribution in [2.24, 2.45) is 5.92 Å². The van der Waals surface area contributed by atoms with Gasteiger partial charge in [0, 0.05) is 10.8 Å². The van der Waals surface area contributed by atoms with Gasteiger partial charge in [0.05, 0.1) is 5.69 Å². The minimum atomic E-state index is -0.936. The van der Waals surface area contributed by atoms with Crippen LogP contribution in [0.3, 0.4) is 0 Å². The molecule has 0 bridgehead atoms. The van der Waals surface area contributed by atoms with E-state index in [0.717, 1.165) is 30.6 Å². The zero-order valence-corrected chi connectivity index (χ0v) is 13.2. The molecule has 0 aromatic heterocycles. The van der Waals surface area contributed by atoms with Crippen LogP contribution in [0.15, 0.2) is 29.2 Å². The molecule has 1 fully saturated rings. The Kier molecular flexibility index (Phi) is 4.93. The third-order valence-corrected chi connectivity index (χ3v) is 5.01. The number of carboxylic acid groups (broad SMARTS) is 1. The highest BCUT2D eigenvalue weighted by Crippen LogP contribution is 2.37. The molecule has 2 rings (SSSR count). The predicted octanol–water partition coefficient (Wildman–Crippen LogP) is 3.77. The Morgan fingerprint density at radius 2 is 1.86 bits per heavy atom. The average Bonchev–Trinajstić information content (AvgIpc) is 2.94. The van der Waals surface area contributed by atoms with E-state index in [9.17, 15) is 14.7 Å². The first-order valence-corrected chi connectivity index (χ1v) is 8.04. The summed E-state index contributed by atoms with van der Waals surface area (Å²) in [6.45, 7) is 3.32. The van der Waals surface area contributed by atoms with Gasteiger partial charge in [-0.2, -0.15) is 0 Å². The lowest BCUT2D eigenvalue weighted by Crippen LogP contribution is -2.27. The molecule has 2 N–H and O–H groups in total. The van der Waals surface area contributed by atoms with Crippen molar-refractivity contribution in [1.82, 2.24) is 0 Å². The van der Waals surface area contributed by atoms with Crippen molar-refractivity contribution in [1.29, 1.82) is 0 Å². The van der Waals surface area contributed by atoms with Gasteiger partial charge in [0.25, 0.3) is 0 Å². The lowest BCUT2D eigenvalue weighted by Gasteiger charge is -2.21. The molecule has 1 aliphatic carbocycles. The summed E-state index contributed by atoms with van der Waals surface area (Å²) in [6.07, 6.45) is 4.12. The summed E-state index contributed by atoms with van der Waals surface area (Å²) in [5.74, 6) is -0.728. The van der Waals surface area contributed by atoms with E-state index in [0.29, 0.717) is 5.69 Å². The molecule has 1 aliphatic rings. The first kappa shape index (κ1) is 15.9. The van der Waals surface area contributed by atoms with E-state index in [4.69, 9.17) is 0 Å². The maximum Gasteiger partial charge on any atom is 0.319 e. The molecule has 1 saturated carbocycles. The number of carboxylic acids is 1. The molecular weight excluding hydrogens is 286 g/mol. The molecule has 0 saturated heterocycles. The molecule has 0 heterocycles. The number of aliphatic carboxylic acids is 1. The Balaban J connectivity index is 2.13. The highest BCUT2D eigenvalue weighted by Gasteiger charge is 2.30. The van der Waals surface area contributed by atoms with Gasteiger partial charge in [0.2, 0.25) is 5.91 Å². The van der Waals surface area contributed by atoms with Crippen molar-refractivity contribution < 1.29 is 14.7 Å². The predicted molar refractivity (Wildman–Crippen MR) is 84.6 cm³/mol. The number of nitrogens with one attached hydrogen (secondary N) is 1. The van der Waals surface area contributed by atoms with Gasteiger partial charge in [-0.3, -0.25) is 9.59 Å². The fraction of sp³-hybridized carbons (Fsp3) is 0.500. The number of rotatable bonds is 5. The van der Waals surface area contributed by atoms with Gasteiger partial charge in [-0.15, -0.1) is 11.8 Å². The second kappa shape index (κ2) is 6.52. The van der Waals surface area contributed by atoms with Crippen LogP contribution in [-0.2, 0) is 9.59 Å². The summed E-state index contributed by atoms with van der Waals surface area (Å²) >= 11 is 1.25.